The van der Waals surface area contributed by atoms with Gasteiger partial charge in [-0.3, -0.25) is 14.9 Å². The van der Waals surface area contributed by atoms with E-state index in [1.165, 1.54) is 0 Å². The first-order valence-electron chi connectivity index (χ1n) is 9.31. The van der Waals surface area contributed by atoms with Crippen LogP contribution in [-0.4, -0.2) is 67.0 Å². The number of piperazine rings is 1. The van der Waals surface area contributed by atoms with Gasteiger partial charge in [0.2, 0.25) is 11.9 Å². The van der Waals surface area contributed by atoms with E-state index in [-0.39, 0.29) is 12.5 Å². The van der Waals surface area contributed by atoms with Crippen LogP contribution in [0.25, 0.3) is 0 Å². The number of nitrogens with one attached hydrogen (secondary N) is 1. The summed E-state index contributed by atoms with van der Waals surface area (Å²) in [6, 6.07) is 6.44. The molecule has 1 aromatic rings. The Morgan fingerprint density at radius 1 is 1.22 bits per heavy atom. The number of benzene rings is 1. The van der Waals surface area contributed by atoms with Gasteiger partial charge in [0.25, 0.3) is 0 Å². The Labute approximate surface area is 164 Å². The minimum Gasteiger partial charge on any atom is -0.465 e. The van der Waals surface area contributed by atoms with Crippen molar-refractivity contribution in [2.75, 3.05) is 39.3 Å². The average molecular weight is 393 g/mol. The molecular formula is C19H25ClN4O3. The number of likely N-dealkylation sites (N-methyl/N-ethyl adjacent to an activating group) is 1. The minimum atomic E-state index is -1.01. The average Bonchev–Trinajstić information content (AvgIpc) is 2.68. The smallest absolute Gasteiger partial charge is 0.321 e. The monoisotopic (exact) mass is 392 g/mol. The van der Waals surface area contributed by atoms with Gasteiger partial charge in [0, 0.05) is 31.2 Å². The summed E-state index contributed by atoms with van der Waals surface area (Å²) in [4.78, 5) is 34.4. The fourth-order valence-electron chi connectivity index (χ4n) is 3.40. The van der Waals surface area contributed by atoms with Gasteiger partial charge in [-0.1, -0.05) is 30.7 Å². The second kappa shape index (κ2) is 8.71. The molecule has 1 saturated heterocycles. The van der Waals surface area contributed by atoms with E-state index in [1.54, 1.807) is 31.2 Å². The van der Waals surface area contributed by atoms with Crippen LogP contribution in [0.2, 0.25) is 5.02 Å². The van der Waals surface area contributed by atoms with Gasteiger partial charge in [-0.2, -0.15) is 0 Å². The Morgan fingerprint density at radius 2 is 1.89 bits per heavy atom. The molecule has 7 nitrogen and oxygen atoms in total. The number of rotatable bonds is 4. The number of aliphatic imine (C=N–C) groups is 1. The first-order valence-corrected chi connectivity index (χ1v) is 9.69. The summed E-state index contributed by atoms with van der Waals surface area (Å²) in [5, 5.41) is 3.40. The van der Waals surface area contributed by atoms with Gasteiger partial charge in [0.05, 0.1) is 6.61 Å². The van der Waals surface area contributed by atoms with E-state index >= 15 is 0 Å². The van der Waals surface area contributed by atoms with Crippen LogP contribution in [0.3, 0.4) is 0 Å². The lowest BCUT2D eigenvalue weighted by molar-refractivity contribution is -0.153. The molecule has 0 bridgehead atoms. The summed E-state index contributed by atoms with van der Waals surface area (Å²) in [5.41, 5.74) is 0.761. The summed E-state index contributed by atoms with van der Waals surface area (Å²) in [7, 11) is 0. The lowest BCUT2D eigenvalue weighted by atomic mass is 9.91. The van der Waals surface area contributed by atoms with Crippen molar-refractivity contribution in [3.8, 4) is 0 Å². The third-order valence-electron chi connectivity index (χ3n) is 4.97. The van der Waals surface area contributed by atoms with E-state index in [1.807, 2.05) is 0 Å². The van der Waals surface area contributed by atoms with Crippen LogP contribution in [0.4, 0.5) is 0 Å². The number of hydrogen-bond donors (Lipinski definition) is 1. The lowest BCUT2D eigenvalue weighted by Gasteiger charge is -2.38. The first-order chi connectivity index (χ1) is 13.0. The molecule has 2 atom stereocenters. The van der Waals surface area contributed by atoms with E-state index < -0.39 is 17.9 Å². The van der Waals surface area contributed by atoms with Crippen molar-refractivity contribution < 1.29 is 14.3 Å². The zero-order chi connectivity index (χ0) is 19.4. The number of hydrogen-bond acceptors (Lipinski definition) is 6. The van der Waals surface area contributed by atoms with Crippen molar-refractivity contribution >= 4 is 29.4 Å². The third-order valence-corrected chi connectivity index (χ3v) is 5.22. The summed E-state index contributed by atoms with van der Waals surface area (Å²) in [6.45, 7) is 8.47. The number of ether oxygens (including phenoxy) is 1. The molecule has 0 spiro atoms. The molecule has 2 heterocycles. The molecule has 0 radical (unpaired) electrons. The van der Waals surface area contributed by atoms with Crippen LogP contribution >= 0.6 is 11.6 Å². The normalized spacial score (nSPS) is 23.6. The van der Waals surface area contributed by atoms with Gasteiger partial charge in [-0.05, 0) is 31.2 Å². The highest BCUT2D eigenvalue weighted by Gasteiger charge is 2.42. The minimum absolute atomic E-state index is 0.214. The second-order valence-corrected chi connectivity index (χ2v) is 7.03. The molecule has 146 valence electrons. The molecule has 1 N–H and O–H groups in total. The van der Waals surface area contributed by atoms with Crippen molar-refractivity contribution in [2.24, 2.45) is 10.9 Å². The van der Waals surface area contributed by atoms with Crippen molar-refractivity contribution in [1.29, 1.82) is 0 Å². The highest BCUT2D eigenvalue weighted by Crippen LogP contribution is 2.31. The number of esters is 1. The molecule has 1 aromatic carbocycles. The Morgan fingerprint density at radius 3 is 2.48 bits per heavy atom. The molecule has 2 unspecified atom stereocenters. The standard InChI is InChI=1S/C19H25ClN4O3/c1-3-23-9-11-24(12-10-23)19-21-16(13-5-7-14(20)8-6-13)15(17(25)22-19)18(26)27-4-2/h5-8,15-16H,3-4,9-12H2,1-2H3,(H,21,22,25). The van der Waals surface area contributed by atoms with Crippen molar-refractivity contribution in [3.63, 3.8) is 0 Å². The second-order valence-electron chi connectivity index (χ2n) is 6.59. The highest BCUT2D eigenvalue weighted by atomic mass is 35.5. The van der Waals surface area contributed by atoms with Crippen LogP contribution in [0.15, 0.2) is 29.3 Å². The van der Waals surface area contributed by atoms with Crippen LogP contribution in [-0.2, 0) is 14.3 Å². The summed E-state index contributed by atoms with van der Waals surface area (Å²) in [5.74, 6) is -1.42. The third kappa shape index (κ3) is 4.42. The molecule has 3 rings (SSSR count). The van der Waals surface area contributed by atoms with E-state index in [2.05, 4.69) is 22.0 Å². The van der Waals surface area contributed by atoms with Crippen molar-refractivity contribution in [3.05, 3.63) is 34.9 Å². The summed E-state index contributed by atoms with van der Waals surface area (Å²) < 4.78 is 5.12. The Hall–Kier alpha value is -2.12. The quantitative estimate of drug-likeness (QED) is 0.623. The Bertz CT molecular complexity index is 714. The fraction of sp³-hybridized carbons (Fsp3) is 0.526. The summed E-state index contributed by atoms with van der Waals surface area (Å²) >= 11 is 5.99. The van der Waals surface area contributed by atoms with E-state index in [0.717, 1.165) is 38.3 Å². The zero-order valence-corrected chi connectivity index (χ0v) is 16.4. The maximum absolute atomic E-state index is 12.8. The van der Waals surface area contributed by atoms with Gasteiger partial charge in [-0.15, -0.1) is 0 Å². The first kappa shape index (κ1) is 19.6. The van der Waals surface area contributed by atoms with Crippen molar-refractivity contribution in [2.45, 2.75) is 19.9 Å². The maximum Gasteiger partial charge on any atom is 0.321 e. The van der Waals surface area contributed by atoms with E-state index in [4.69, 9.17) is 21.3 Å². The molecule has 27 heavy (non-hydrogen) atoms. The Kier molecular flexibility index (Phi) is 6.34. The summed E-state index contributed by atoms with van der Waals surface area (Å²) in [6.07, 6.45) is 0. The highest BCUT2D eigenvalue weighted by molar-refractivity contribution is 6.30. The molecule has 1 amide bonds. The molecule has 2 aliphatic heterocycles. The fourth-order valence-corrected chi connectivity index (χ4v) is 3.53. The van der Waals surface area contributed by atoms with E-state index in [0.29, 0.717) is 11.0 Å². The van der Waals surface area contributed by atoms with Gasteiger partial charge < -0.3 is 14.5 Å². The van der Waals surface area contributed by atoms with E-state index in [9.17, 15) is 9.59 Å². The number of nitrogens with zero attached hydrogens (tertiary/aromatic N) is 3. The Balaban J connectivity index is 1.90. The number of carbonyl (C=O) groups excluding carboxylic acids is 2. The predicted octanol–water partition coefficient (Wildman–Crippen LogP) is 1.68. The lowest BCUT2D eigenvalue weighted by Crippen LogP contribution is -2.57. The van der Waals surface area contributed by atoms with Gasteiger partial charge in [-0.25, -0.2) is 4.99 Å². The SMILES string of the molecule is CCOC(=O)C1C(=O)NC(N2CCN(CC)CC2)=NC1c1ccc(Cl)cc1. The molecule has 2 aliphatic rings. The van der Waals surface area contributed by atoms with Crippen LogP contribution in [0.5, 0.6) is 0 Å². The molecule has 0 saturated carbocycles. The number of halogens is 1. The molecule has 0 aliphatic carbocycles. The van der Waals surface area contributed by atoms with Crippen LogP contribution in [0.1, 0.15) is 25.5 Å². The topological polar surface area (TPSA) is 74.2 Å². The van der Waals surface area contributed by atoms with Crippen molar-refractivity contribution in [1.82, 2.24) is 15.1 Å². The maximum atomic E-state index is 12.8. The van der Waals surface area contributed by atoms with Gasteiger partial charge >= 0.3 is 5.97 Å². The predicted molar refractivity (Wildman–Crippen MR) is 104 cm³/mol. The molecule has 8 heteroatoms. The number of amides is 1. The van der Waals surface area contributed by atoms with Gasteiger partial charge in [0.15, 0.2) is 5.92 Å². The number of carbonyl (C=O) groups is 2. The zero-order valence-electron chi connectivity index (χ0n) is 15.7. The van der Waals surface area contributed by atoms with Crippen LogP contribution in [0, 0.1) is 5.92 Å². The largest absolute Gasteiger partial charge is 0.465 e. The molecular weight excluding hydrogens is 368 g/mol. The molecule has 0 aromatic heterocycles. The number of guanidine groups is 1. The van der Waals surface area contributed by atoms with Gasteiger partial charge in [0.1, 0.15) is 6.04 Å². The van der Waals surface area contributed by atoms with Crippen LogP contribution < -0.4 is 5.32 Å². The molecule has 1 fully saturated rings.